The van der Waals surface area contributed by atoms with Crippen molar-refractivity contribution in [2.45, 2.75) is 24.9 Å². The Morgan fingerprint density at radius 1 is 1.00 bits per heavy atom. The lowest BCUT2D eigenvalue weighted by atomic mass is 10.2. The Morgan fingerprint density at radius 2 is 1.69 bits per heavy atom. The number of halogens is 2. The van der Waals surface area contributed by atoms with Crippen LogP contribution in [0, 0.1) is 12.7 Å². The molecule has 0 N–H and O–H groups in total. The number of hydrogen-bond donors (Lipinski definition) is 0. The summed E-state index contributed by atoms with van der Waals surface area (Å²) in [6.07, 6.45) is 1.63. The number of fused-ring (bicyclic) bond motifs is 1. The van der Waals surface area contributed by atoms with Crippen LogP contribution in [0.5, 0.6) is 0 Å². The first-order valence-corrected chi connectivity index (χ1v) is 11.5. The Balaban J connectivity index is 1.76. The number of pyridine rings is 1. The van der Waals surface area contributed by atoms with Crippen molar-refractivity contribution in [3.8, 4) is 0 Å². The molecule has 0 amide bonds. The van der Waals surface area contributed by atoms with Crippen LogP contribution in [-0.2, 0) is 23.1 Å². The highest BCUT2D eigenvalue weighted by Gasteiger charge is 2.26. The molecule has 4 aromatic rings. The van der Waals surface area contributed by atoms with Gasteiger partial charge in [0, 0.05) is 23.8 Å². The minimum Gasteiger partial charge on any atom is -0.269 e. The summed E-state index contributed by atoms with van der Waals surface area (Å²) in [5, 5.41) is 0.411. The van der Waals surface area contributed by atoms with Crippen molar-refractivity contribution in [3.63, 3.8) is 0 Å². The second-order valence-corrected chi connectivity index (χ2v) is 9.75. The van der Waals surface area contributed by atoms with Crippen LogP contribution in [0.2, 0.25) is 5.02 Å². The minimum atomic E-state index is -3.97. The Hall–Kier alpha value is -3.07. The predicted octanol–water partition coefficient (Wildman–Crippen LogP) is 4.19. The highest BCUT2D eigenvalue weighted by atomic mass is 35.5. The van der Waals surface area contributed by atoms with Gasteiger partial charge in [-0.3, -0.25) is 9.20 Å². The molecule has 0 radical (unpaired) electrons. The van der Waals surface area contributed by atoms with E-state index in [2.05, 4.69) is 4.98 Å². The average molecular weight is 472 g/mol. The van der Waals surface area contributed by atoms with Crippen molar-refractivity contribution in [3.05, 3.63) is 111 Å². The molecule has 2 aromatic carbocycles. The molecule has 0 spiro atoms. The molecule has 0 saturated heterocycles. The zero-order chi connectivity index (χ0) is 22.9. The lowest BCUT2D eigenvalue weighted by Gasteiger charge is -2.22. The third-order valence-corrected chi connectivity index (χ3v) is 7.00. The molecule has 0 atom stereocenters. The van der Waals surface area contributed by atoms with Crippen molar-refractivity contribution in [2.24, 2.45) is 0 Å². The SMILES string of the molecule is Cc1ccn2c(=O)cc(CN(Cc3ccc(F)cc3)S(=O)(=O)c3ccc(Cl)cc3)nc2c1. The number of aromatic nitrogens is 2. The first kappa shape index (κ1) is 22.1. The Morgan fingerprint density at radius 3 is 2.38 bits per heavy atom. The van der Waals surface area contributed by atoms with Gasteiger partial charge in [-0.1, -0.05) is 23.7 Å². The van der Waals surface area contributed by atoms with Crippen molar-refractivity contribution >= 4 is 27.3 Å². The highest BCUT2D eigenvalue weighted by Crippen LogP contribution is 2.22. The molecule has 0 bridgehead atoms. The molecule has 32 heavy (non-hydrogen) atoms. The summed E-state index contributed by atoms with van der Waals surface area (Å²) < 4.78 is 42.8. The van der Waals surface area contributed by atoms with Gasteiger partial charge in [-0.05, 0) is 66.6 Å². The van der Waals surface area contributed by atoms with E-state index in [0.717, 1.165) is 5.56 Å². The second-order valence-electron chi connectivity index (χ2n) is 7.37. The van der Waals surface area contributed by atoms with E-state index in [1.807, 2.05) is 6.92 Å². The summed E-state index contributed by atoms with van der Waals surface area (Å²) in [4.78, 5) is 17.1. The highest BCUT2D eigenvalue weighted by molar-refractivity contribution is 7.89. The third kappa shape index (κ3) is 4.72. The van der Waals surface area contributed by atoms with Crippen LogP contribution in [0.4, 0.5) is 4.39 Å². The number of hydrogen-bond acceptors (Lipinski definition) is 4. The van der Waals surface area contributed by atoms with Gasteiger partial charge in [0.25, 0.3) is 5.56 Å². The van der Waals surface area contributed by atoms with Crippen molar-refractivity contribution < 1.29 is 12.8 Å². The average Bonchev–Trinajstić information content (AvgIpc) is 2.75. The topological polar surface area (TPSA) is 71.8 Å². The third-order valence-electron chi connectivity index (χ3n) is 4.94. The lowest BCUT2D eigenvalue weighted by molar-refractivity contribution is 0.396. The fraction of sp³-hybridized carbons (Fsp3) is 0.130. The van der Waals surface area contributed by atoms with Gasteiger partial charge in [0.2, 0.25) is 10.0 Å². The molecular weight excluding hydrogens is 453 g/mol. The lowest BCUT2D eigenvalue weighted by Crippen LogP contribution is -2.31. The molecule has 0 aliphatic rings. The Kier molecular flexibility index (Phi) is 6.10. The maximum absolute atomic E-state index is 13.4. The maximum atomic E-state index is 13.4. The number of sulfonamides is 1. The van der Waals surface area contributed by atoms with E-state index in [1.165, 1.54) is 63.3 Å². The number of benzene rings is 2. The largest absolute Gasteiger partial charge is 0.269 e. The number of nitrogens with zero attached hydrogens (tertiary/aromatic N) is 3. The molecular formula is C23H19ClFN3O3S. The molecule has 2 heterocycles. The summed E-state index contributed by atoms with van der Waals surface area (Å²) in [5.41, 5.74) is 1.94. The summed E-state index contributed by atoms with van der Waals surface area (Å²) in [6.45, 7) is 1.72. The van der Waals surface area contributed by atoms with E-state index < -0.39 is 15.8 Å². The summed E-state index contributed by atoms with van der Waals surface area (Å²) in [5.74, 6) is -0.416. The van der Waals surface area contributed by atoms with E-state index in [1.54, 1.807) is 18.3 Å². The van der Waals surface area contributed by atoms with Crippen molar-refractivity contribution in [1.29, 1.82) is 0 Å². The van der Waals surface area contributed by atoms with Crippen molar-refractivity contribution in [2.75, 3.05) is 0 Å². The fourth-order valence-electron chi connectivity index (χ4n) is 3.29. The Bertz CT molecular complexity index is 1440. The second kappa shape index (κ2) is 8.82. The van der Waals surface area contributed by atoms with Crippen LogP contribution in [0.15, 0.2) is 82.6 Å². The van der Waals surface area contributed by atoms with E-state index in [4.69, 9.17) is 11.6 Å². The number of aryl methyl sites for hydroxylation is 1. The minimum absolute atomic E-state index is 0.0277. The normalized spacial score (nSPS) is 11.9. The first-order chi connectivity index (χ1) is 15.2. The predicted molar refractivity (Wildman–Crippen MR) is 120 cm³/mol. The molecule has 0 aliphatic heterocycles. The van der Waals surface area contributed by atoms with Gasteiger partial charge < -0.3 is 0 Å². The summed E-state index contributed by atoms with van der Waals surface area (Å²) in [7, 11) is -3.97. The molecule has 2 aromatic heterocycles. The van der Waals surface area contributed by atoms with E-state index >= 15 is 0 Å². The molecule has 6 nitrogen and oxygen atoms in total. The monoisotopic (exact) mass is 471 g/mol. The molecule has 0 saturated carbocycles. The van der Waals surface area contributed by atoms with Crippen LogP contribution in [-0.4, -0.2) is 22.1 Å². The molecule has 0 fully saturated rings. The van der Waals surface area contributed by atoms with Crippen LogP contribution in [0.25, 0.3) is 5.65 Å². The molecule has 0 unspecified atom stereocenters. The molecule has 4 rings (SSSR count). The van der Waals surface area contributed by atoms with Gasteiger partial charge in [-0.15, -0.1) is 0 Å². The van der Waals surface area contributed by atoms with Gasteiger partial charge in [0.1, 0.15) is 11.5 Å². The summed E-state index contributed by atoms with van der Waals surface area (Å²) in [6, 6.07) is 16.3. The zero-order valence-corrected chi connectivity index (χ0v) is 18.6. The Labute approximate surface area is 189 Å². The fourth-order valence-corrected chi connectivity index (χ4v) is 4.82. The van der Waals surface area contributed by atoms with Gasteiger partial charge in [-0.25, -0.2) is 17.8 Å². The molecule has 164 valence electrons. The van der Waals surface area contributed by atoms with Gasteiger partial charge in [0.05, 0.1) is 17.1 Å². The van der Waals surface area contributed by atoms with E-state index in [-0.39, 0.29) is 23.5 Å². The molecule has 0 aliphatic carbocycles. The summed E-state index contributed by atoms with van der Waals surface area (Å²) >= 11 is 5.91. The van der Waals surface area contributed by atoms with Gasteiger partial charge in [-0.2, -0.15) is 4.31 Å². The first-order valence-electron chi connectivity index (χ1n) is 9.71. The maximum Gasteiger partial charge on any atom is 0.258 e. The van der Waals surface area contributed by atoms with Crippen LogP contribution >= 0.6 is 11.6 Å². The van der Waals surface area contributed by atoms with Gasteiger partial charge in [0.15, 0.2) is 0 Å². The van der Waals surface area contributed by atoms with Crippen molar-refractivity contribution in [1.82, 2.24) is 13.7 Å². The van der Waals surface area contributed by atoms with Crippen LogP contribution < -0.4 is 5.56 Å². The standard InChI is InChI=1S/C23H19ClFN3O3S/c1-16-10-11-28-22(12-16)26-20(13-23(28)29)15-27(14-17-2-6-19(25)7-3-17)32(30,31)21-8-4-18(24)5-9-21/h2-13H,14-15H2,1H3. The number of rotatable bonds is 6. The van der Waals surface area contributed by atoms with E-state index in [0.29, 0.717) is 21.9 Å². The quantitative estimate of drug-likeness (QED) is 0.423. The van der Waals surface area contributed by atoms with Gasteiger partial charge >= 0.3 is 0 Å². The van der Waals surface area contributed by atoms with Crippen LogP contribution in [0.1, 0.15) is 16.8 Å². The smallest absolute Gasteiger partial charge is 0.258 e. The molecule has 9 heteroatoms. The van der Waals surface area contributed by atoms with E-state index in [9.17, 15) is 17.6 Å². The zero-order valence-electron chi connectivity index (χ0n) is 17.1. The van der Waals surface area contributed by atoms with Crippen LogP contribution in [0.3, 0.4) is 0 Å².